The molecule has 0 saturated carbocycles. The van der Waals surface area contributed by atoms with Crippen molar-refractivity contribution in [2.24, 2.45) is 0 Å². The molecule has 11 heteroatoms. The Hall–Kier alpha value is -3.30. The number of carboxylic acids is 2. The number of rotatable bonds is 8. The average molecular weight is 471 g/mol. The Labute approximate surface area is 186 Å². The van der Waals surface area contributed by atoms with Gasteiger partial charge in [-0.3, -0.25) is 0 Å². The van der Waals surface area contributed by atoms with E-state index >= 15 is 0 Å². The van der Waals surface area contributed by atoms with Crippen molar-refractivity contribution in [2.75, 3.05) is 13.2 Å². The van der Waals surface area contributed by atoms with Crippen molar-refractivity contribution in [1.29, 1.82) is 0 Å². The Morgan fingerprint density at radius 2 is 1.10 bits per heavy atom. The van der Waals surface area contributed by atoms with E-state index < -0.39 is 46.5 Å². The van der Waals surface area contributed by atoms with Crippen LogP contribution in [0, 0.1) is 0 Å². The number of hydrogen-bond acceptors (Lipinski definition) is 7. The highest BCUT2D eigenvalue weighted by molar-refractivity contribution is 6.34. The Bertz CT molecular complexity index is 980. The number of carbonyl (C=O) groups excluding carboxylic acids is 2. The molecule has 0 aliphatic heterocycles. The Morgan fingerprint density at radius 3 is 1.39 bits per heavy atom. The van der Waals surface area contributed by atoms with Crippen LogP contribution in [-0.4, -0.2) is 47.3 Å². The SMILES string of the molecule is CCOC(=O)c1ccc(Cl)c(Oc2c(Cl)ccc(C(=O)OCC)c2C(=O)O)c1C(=O)O. The lowest BCUT2D eigenvalue weighted by Crippen LogP contribution is -2.15. The summed E-state index contributed by atoms with van der Waals surface area (Å²) in [6.45, 7) is 3.03. The summed E-state index contributed by atoms with van der Waals surface area (Å²) in [6, 6.07) is 4.62. The molecule has 0 bridgehead atoms. The fraction of sp³-hybridized carbons (Fsp3) is 0.200. The second-order valence-corrected chi connectivity index (χ2v) is 6.57. The van der Waals surface area contributed by atoms with Crippen molar-refractivity contribution in [3.63, 3.8) is 0 Å². The zero-order valence-electron chi connectivity index (χ0n) is 16.2. The minimum Gasteiger partial charge on any atom is -0.478 e. The monoisotopic (exact) mass is 470 g/mol. The molecule has 164 valence electrons. The fourth-order valence-electron chi connectivity index (χ4n) is 2.60. The second-order valence-electron chi connectivity index (χ2n) is 5.75. The van der Waals surface area contributed by atoms with Crippen LogP contribution >= 0.6 is 23.2 Å². The van der Waals surface area contributed by atoms with Gasteiger partial charge in [0.25, 0.3) is 0 Å². The molecule has 0 heterocycles. The van der Waals surface area contributed by atoms with E-state index in [-0.39, 0.29) is 34.4 Å². The summed E-state index contributed by atoms with van der Waals surface area (Å²) in [5, 5.41) is 18.8. The summed E-state index contributed by atoms with van der Waals surface area (Å²) in [5.74, 6) is -6.18. The van der Waals surface area contributed by atoms with E-state index in [1.165, 1.54) is 26.0 Å². The predicted molar refractivity (Wildman–Crippen MR) is 109 cm³/mol. The molecule has 2 aromatic carbocycles. The number of carbonyl (C=O) groups is 4. The van der Waals surface area contributed by atoms with E-state index in [2.05, 4.69) is 0 Å². The smallest absolute Gasteiger partial charge is 0.340 e. The molecule has 2 aromatic rings. The van der Waals surface area contributed by atoms with Crippen LogP contribution in [-0.2, 0) is 9.47 Å². The van der Waals surface area contributed by atoms with Gasteiger partial charge >= 0.3 is 23.9 Å². The standard InChI is InChI=1S/C20H16Cl2O9/c1-3-29-19(27)9-5-7-11(21)15(13(9)17(23)24)31-16-12(22)8-6-10(14(16)18(25)26)20(28)30-4-2/h5-8H,3-4H2,1-2H3,(H,23,24)(H,25,26). The van der Waals surface area contributed by atoms with Gasteiger partial charge < -0.3 is 24.4 Å². The third kappa shape index (κ3) is 5.07. The van der Waals surface area contributed by atoms with Gasteiger partial charge in [0.2, 0.25) is 0 Å². The Balaban J connectivity index is 2.76. The van der Waals surface area contributed by atoms with E-state index in [1.54, 1.807) is 0 Å². The van der Waals surface area contributed by atoms with E-state index in [0.717, 1.165) is 12.1 Å². The largest absolute Gasteiger partial charge is 0.478 e. The molecule has 2 rings (SSSR count). The number of aromatic carboxylic acids is 2. The van der Waals surface area contributed by atoms with Crippen LogP contribution in [0.3, 0.4) is 0 Å². The Kier molecular flexibility index (Phi) is 7.84. The molecule has 0 spiro atoms. The molecule has 9 nitrogen and oxygen atoms in total. The van der Waals surface area contributed by atoms with Crippen LogP contribution in [0.5, 0.6) is 11.5 Å². The predicted octanol–water partition coefficient (Wildman–Crippen LogP) is 4.54. The molecular weight excluding hydrogens is 455 g/mol. The first-order valence-electron chi connectivity index (χ1n) is 8.77. The number of carboxylic acid groups (broad SMARTS) is 2. The lowest BCUT2D eigenvalue weighted by Gasteiger charge is -2.17. The highest BCUT2D eigenvalue weighted by Crippen LogP contribution is 2.41. The molecule has 0 fully saturated rings. The summed E-state index contributed by atoms with van der Waals surface area (Å²) in [7, 11) is 0. The minimum atomic E-state index is -1.59. The molecule has 0 aliphatic carbocycles. The number of esters is 2. The van der Waals surface area contributed by atoms with Gasteiger partial charge in [0.15, 0.2) is 11.5 Å². The molecule has 31 heavy (non-hydrogen) atoms. The van der Waals surface area contributed by atoms with Crippen LogP contribution < -0.4 is 4.74 Å². The number of halogens is 2. The van der Waals surface area contributed by atoms with E-state index in [9.17, 15) is 29.4 Å². The van der Waals surface area contributed by atoms with Crippen LogP contribution in [0.15, 0.2) is 24.3 Å². The van der Waals surface area contributed by atoms with E-state index in [0.29, 0.717) is 0 Å². The van der Waals surface area contributed by atoms with Crippen molar-refractivity contribution >= 4 is 47.1 Å². The maximum absolute atomic E-state index is 12.2. The Morgan fingerprint density at radius 1 is 0.742 bits per heavy atom. The molecule has 0 aliphatic rings. The van der Waals surface area contributed by atoms with Gasteiger partial charge in [-0.2, -0.15) is 0 Å². The zero-order chi connectivity index (χ0) is 23.3. The molecule has 0 atom stereocenters. The lowest BCUT2D eigenvalue weighted by atomic mass is 10.0. The van der Waals surface area contributed by atoms with Gasteiger partial charge in [0, 0.05) is 0 Å². The van der Waals surface area contributed by atoms with Gasteiger partial charge in [-0.15, -0.1) is 0 Å². The first-order valence-corrected chi connectivity index (χ1v) is 9.53. The van der Waals surface area contributed by atoms with Crippen LogP contribution in [0.1, 0.15) is 55.3 Å². The fourth-order valence-corrected chi connectivity index (χ4v) is 2.99. The summed E-state index contributed by atoms with van der Waals surface area (Å²) in [6.07, 6.45) is 0. The van der Waals surface area contributed by atoms with Crippen molar-refractivity contribution in [1.82, 2.24) is 0 Å². The number of hydrogen-bond donors (Lipinski definition) is 2. The highest BCUT2D eigenvalue weighted by Gasteiger charge is 2.30. The van der Waals surface area contributed by atoms with Crippen molar-refractivity contribution in [2.45, 2.75) is 13.8 Å². The van der Waals surface area contributed by atoms with Gasteiger partial charge in [-0.05, 0) is 38.1 Å². The normalized spacial score (nSPS) is 10.3. The maximum Gasteiger partial charge on any atom is 0.340 e. The van der Waals surface area contributed by atoms with Crippen LogP contribution in [0.2, 0.25) is 10.0 Å². The molecule has 0 unspecified atom stereocenters. The van der Waals surface area contributed by atoms with Gasteiger partial charge in [-0.1, -0.05) is 23.2 Å². The van der Waals surface area contributed by atoms with Gasteiger partial charge in [-0.25, -0.2) is 19.2 Å². The average Bonchev–Trinajstić information content (AvgIpc) is 2.70. The lowest BCUT2D eigenvalue weighted by molar-refractivity contribution is 0.0509. The molecule has 0 radical (unpaired) electrons. The quantitative estimate of drug-likeness (QED) is 0.532. The van der Waals surface area contributed by atoms with E-state index in [4.69, 9.17) is 37.4 Å². The molecule has 0 aromatic heterocycles. The second kappa shape index (κ2) is 10.1. The minimum absolute atomic E-state index is 0.0206. The van der Waals surface area contributed by atoms with Gasteiger partial charge in [0.1, 0.15) is 11.1 Å². The van der Waals surface area contributed by atoms with E-state index in [1.807, 2.05) is 0 Å². The summed E-state index contributed by atoms with van der Waals surface area (Å²) < 4.78 is 15.2. The zero-order valence-corrected chi connectivity index (χ0v) is 17.7. The molecular formula is C20H16Cl2O9. The number of benzene rings is 2. The molecule has 0 saturated heterocycles. The first kappa shape index (κ1) is 24.0. The first-order chi connectivity index (χ1) is 14.6. The summed E-state index contributed by atoms with van der Waals surface area (Å²) in [5.41, 5.74) is -2.08. The number of ether oxygens (including phenoxy) is 3. The summed E-state index contributed by atoms with van der Waals surface area (Å²) >= 11 is 12.2. The van der Waals surface area contributed by atoms with Crippen LogP contribution in [0.4, 0.5) is 0 Å². The van der Waals surface area contributed by atoms with Crippen molar-refractivity contribution in [3.05, 3.63) is 56.6 Å². The molecule has 2 N–H and O–H groups in total. The van der Waals surface area contributed by atoms with Crippen LogP contribution in [0.25, 0.3) is 0 Å². The third-order valence-electron chi connectivity index (χ3n) is 3.84. The molecule has 0 amide bonds. The summed E-state index contributed by atoms with van der Waals surface area (Å²) in [4.78, 5) is 48.1. The third-order valence-corrected chi connectivity index (χ3v) is 4.44. The highest BCUT2D eigenvalue weighted by atomic mass is 35.5. The van der Waals surface area contributed by atoms with Gasteiger partial charge in [0.05, 0.1) is 34.4 Å². The van der Waals surface area contributed by atoms with Crippen molar-refractivity contribution in [3.8, 4) is 11.5 Å². The maximum atomic E-state index is 12.2. The topological polar surface area (TPSA) is 136 Å². The van der Waals surface area contributed by atoms with Crippen molar-refractivity contribution < 1.29 is 43.6 Å².